The van der Waals surface area contributed by atoms with Crippen LogP contribution in [-0.2, 0) is 16.9 Å². The zero-order chi connectivity index (χ0) is 20.2. The third-order valence-electron chi connectivity index (χ3n) is 5.26. The summed E-state index contributed by atoms with van der Waals surface area (Å²) in [6.07, 6.45) is 3.22. The summed E-state index contributed by atoms with van der Waals surface area (Å²) in [6.45, 7) is -0.0948. The fourth-order valence-corrected chi connectivity index (χ4v) is 3.92. The Bertz CT molecular complexity index is 1310. The quantitative estimate of drug-likeness (QED) is 0.469. The maximum atomic E-state index is 13.6. The lowest BCUT2D eigenvalue weighted by Gasteiger charge is -2.28. The summed E-state index contributed by atoms with van der Waals surface area (Å²) in [4.78, 5) is 29.4. The number of benzene rings is 2. The second kappa shape index (κ2) is 6.03. The van der Waals surface area contributed by atoms with E-state index in [1.54, 1.807) is 36.7 Å². The van der Waals surface area contributed by atoms with Crippen LogP contribution in [0.15, 0.2) is 60.9 Å². The topological polar surface area (TPSA) is 96.2 Å². The standard InChI is InChI=1S/C21H15FN4O3/c22-14-7-6-13-10-26(18(27)15(13)9-14)11-21(19(28)24-20(29)25-21)16-5-1-3-12-4-2-8-23-17(12)16/h1-10,27H,11H2,(H2,24,25,28,29)/t21-/m0/s1. The van der Waals surface area contributed by atoms with Crippen molar-refractivity contribution < 1.29 is 19.1 Å². The minimum Gasteiger partial charge on any atom is -0.494 e. The van der Waals surface area contributed by atoms with Gasteiger partial charge in [0.2, 0.25) is 0 Å². The number of amides is 3. The Morgan fingerprint density at radius 1 is 1.10 bits per heavy atom. The summed E-state index contributed by atoms with van der Waals surface area (Å²) in [7, 11) is 0. The highest BCUT2D eigenvalue weighted by Gasteiger charge is 2.49. The van der Waals surface area contributed by atoms with E-state index >= 15 is 0 Å². The molecule has 2 aromatic carbocycles. The summed E-state index contributed by atoms with van der Waals surface area (Å²) >= 11 is 0. The first-order valence-electron chi connectivity index (χ1n) is 8.93. The van der Waals surface area contributed by atoms with Gasteiger partial charge in [-0.05, 0) is 24.3 Å². The third-order valence-corrected chi connectivity index (χ3v) is 5.26. The summed E-state index contributed by atoms with van der Waals surface area (Å²) < 4.78 is 15.0. The molecule has 3 heterocycles. The molecule has 0 unspecified atom stereocenters. The highest BCUT2D eigenvalue weighted by Crippen LogP contribution is 2.35. The van der Waals surface area contributed by atoms with Gasteiger partial charge in [-0.15, -0.1) is 0 Å². The Labute approximate surface area is 163 Å². The van der Waals surface area contributed by atoms with Gasteiger partial charge in [-0.25, -0.2) is 9.18 Å². The van der Waals surface area contributed by atoms with Gasteiger partial charge in [-0.3, -0.25) is 15.1 Å². The highest BCUT2D eigenvalue weighted by molar-refractivity contribution is 6.09. The van der Waals surface area contributed by atoms with Crippen LogP contribution < -0.4 is 10.6 Å². The number of fused-ring (bicyclic) bond motifs is 2. The minimum atomic E-state index is -1.49. The van der Waals surface area contributed by atoms with Gasteiger partial charge >= 0.3 is 6.03 Å². The molecule has 4 aromatic rings. The second-order valence-corrected chi connectivity index (χ2v) is 7.01. The van der Waals surface area contributed by atoms with Crippen molar-refractivity contribution >= 4 is 33.6 Å². The molecule has 0 radical (unpaired) electrons. The van der Waals surface area contributed by atoms with Gasteiger partial charge in [-0.2, -0.15) is 0 Å². The lowest BCUT2D eigenvalue weighted by atomic mass is 9.87. The van der Waals surface area contributed by atoms with Crippen LogP contribution in [0, 0.1) is 5.82 Å². The van der Waals surface area contributed by atoms with Gasteiger partial charge in [0.15, 0.2) is 11.4 Å². The molecule has 2 aromatic heterocycles. The zero-order valence-electron chi connectivity index (χ0n) is 15.0. The average molecular weight is 390 g/mol. The molecule has 0 aliphatic carbocycles. The Morgan fingerprint density at radius 2 is 1.93 bits per heavy atom. The number of urea groups is 1. The summed E-state index contributed by atoms with van der Waals surface area (Å²) in [5, 5.41) is 17.4. The molecule has 144 valence electrons. The van der Waals surface area contributed by atoms with Crippen LogP contribution in [0.3, 0.4) is 0 Å². The number of imide groups is 1. The number of pyridine rings is 1. The van der Waals surface area contributed by atoms with Crippen molar-refractivity contribution in [1.29, 1.82) is 0 Å². The molecule has 8 heteroatoms. The van der Waals surface area contributed by atoms with Crippen LogP contribution in [0.25, 0.3) is 21.7 Å². The van der Waals surface area contributed by atoms with E-state index in [4.69, 9.17) is 0 Å². The Morgan fingerprint density at radius 3 is 2.72 bits per heavy atom. The van der Waals surface area contributed by atoms with Crippen LogP contribution in [0.1, 0.15) is 5.56 Å². The van der Waals surface area contributed by atoms with E-state index in [2.05, 4.69) is 15.6 Å². The van der Waals surface area contributed by atoms with Crippen molar-refractivity contribution in [2.24, 2.45) is 0 Å². The van der Waals surface area contributed by atoms with E-state index < -0.39 is 23.3 Å². The molecule has 1 aliphatic heterocycles. The molecule has 0 saturated carbocycles. The fourth-order valence-electron chi connectivity index (χ4n) is 3.92. The number of carbonyl (C=O) groups excluding carboxylic acids is 2. The SMILES string of the molecule is O=C1NC(=O)[C@](Cn2cc3ccc(F)cc3c2O)(c2cccc3cccnc23)N1. The number of halogens is 1. The number of hydrogen-bond donors (Lipinski definition) is 3. The molecule has 29 heavy (non-hydrogen) atoms. The number of rotatable bonds is 3. The van der Waals surface area contributed by atoms with Crippen LogP contribution >= 0.6 is 0 Å². The van der Waals surface area contributed by atoms with Crippen molar-refractivity contribution in [3.05, 3.63) is 72.3 Å². The Kier molecular flexibility index (Phi) is 3.57. The van der Waals surface area contributed by atoms with E-state index in [0.717, 1.165) is 5.39 Å². The third kappa shape index (κ3) is 2.53. The summed E-state index contributed by atoms with van der Waals surface area (Å²) in [6, 6.07) is 12.4. The highest BCUT2D eigenvalue weighted by atomic mass is 19.1. The van der Waals surface area contributed by atoms with Crippen LogP contribution in [0.4, 0.5) is 9.18 Å². The summed E-state index contributed by atoms with van der Waals surface area (Å²) in [5.41, 5.74) is -0.424. The number of hydrogen-bond acceptors (Lipinski definition) is 4. The molecule has 1 fully saturated rings. The predicted molar refractivity (Wildman–Crippen MR) is 104 cm³/mol. The normalized spacial score (nSPS) is 18.9. The zero-order valence-corrected chi connectivity index (χ0v) is 15.0. The predicted octanol–water partition coefficient (Wildman–Crippen LogP) is 2.77. The largest absolute Gasteiger partial charge is 0.494 e. The number of aromatic hydroxyl groups is 1. The van der Waals surface area contributed by atoms with Gasteiger partial charge in [0, 0.05) is 34.1 Å². The smallest absolute Gasteiger partial charge is 0.322 e. The van der Waals surface area contributed by atoms with E-state index in [-0.39, 0.29) is 12.4 Å². The summed E-state index contributed by atoms with van der Waals surface area (Å²) in [5.74, 6) is -1.23. The average Bonchev–Trinajstić information content (AvgIpc) is 3.17. The molecular weight excluding hydrogens is 375 g/mol. The fraction of sp³-hybridized carbons (Fsp3) is 0.0952. The van der Waals surface area contributed by atoms with Gasteiger partial charge in [0.05, 0.1) is 12.1 Å². The number of nitrogens with zero attached hydrogens (tertiary/aromatic N) is 2. The van der Waals surface area contributed by atoms with Crippen LogP contribution in [0.2, 0.25) is 0 Å². The monoisotopic (exact) mass is 390 g/mol. The first-order chi connectivity index (χ1) is 14.0. The van der Waals surface area contributed by atoms with E-state index in [9.17, 15) is 19.1 Å². The maximum Gasteiger partial charge on any atom is 0.322 e. The molecule has 1 saturated heterocycles. The molecule has 5 rings (SSSR count). The Balaban J connectivity index is 1.72. The molecule has 0 bridgehead atoms. The molecule has 3 amide bonds. The lowest BCUT2D eigenvalue weighted by molar-refractivity contribution is -0.124. The number of aromatic nitrogens is 2. The van der Waals surface area contributed by atoms with Crippen molar-refractivity contribution in [2.75, 3.05) is 0 Å². The number of carbonyl (C=O) groups is 2. The van der Waals surface area contributed by atoms with Gasteiger partial charge in [-0.1, -0.05) is 24.3 Å². The van der Waals surface area contributed by atoms with E-state index in [0.29, 0.717) is 21.9 Å². The van der Waals surface area contributed by atoms with Crippen molar-refractivity contribution in [2.45, 2.75) is 12.1 Å². The first-order valence-corrected chi connectivity index (χ1v) is 8.93. The first kappa shape index (κ1) is 17.2. The van der Waals surface area contributed by atoms with Crippen molar-refractivity contribution in [3.8, 4) is 5.88 Å². The Hall–Kier alpha value is -3.94. The van der Waals surface area contributed by atoms with Crippen molar-refractivity contribution in [1.82, 2.24) is 20.2 Å². The lowest BCUT2D eigenvalue weighted by Crippen LogP contribution is -2.47. The van der Waals surface area contributed by atoms with Crippen LogP contribution in [-0.4, -0.2) is 26.6 Å². The van der Waals surface area contributed by atoms with E-state index in [1.807, 2.05) is 12.1 Å². The molecular formula is C21H15FN4O3. The molecule has 1 atom stereocenters. The molecule has 7 nitrogen and oxygen atoms in total. The number of para-hydroxylation sites is 1. The van der Waals surface area contributed by atoms with Crippen molar-refractivity contribution in [3.63, 3.8) is 0 Å². The maximum absolute atomic E-state index is 13.6. The number of nitrogens with one attached hydrogen (secondary N) is 2. The van der Waals surface area contributed by atoms with Gasteiger partial charge < -0.3 is 15.0 Å². The second-order valence-electron chi connectivity index (χ2n) is 7.01. The van der Waals surface area contributed by atoms with Gasteiger partial charge in [0.1, 0.15) is 5.82 Å². The minimum absolute atomic E-state index is 0.0948. The van der Waals surface area contributed by atoms with Gasteiger partial charge in [0.25, 0.3) is 5.91 Å². The molecule has 0 spiro atoms. The van der Waals surface area contributed by atoms with Crippen LogP contribution in [0.5, 0.6) is 5.88 Å². The molecule has 1 aliphatic rings. The molecule has 3 N–H and O–H groups in total. The van der Waals surface area contributed by atoms with E-state index in [1.165, 1.54) is 16.7 Å².